The van der Waals surface area contributed by atoms with E-state index in [0.717, 1.165) is 40.7 Å². The third-order valence-electron chi connectivity index (χ3n) is 7.97. The quantitative estimate of drug-likeness (QED) is 0.145. The van der Waals surface area contributed by atoms with Gasteiger partial charge in [-0.15, -0.1) is 6.58 Å². The lowest BCUT2D eigenvalue weighted by molar-refractivity contribution is -0.152. The molecule has 2 aromatic carbocycles. The minimum absolute atomic E-state index is 0.143. The largest absolute Gasteiger partial charge is 0.467 e. The molecule has 2 aliphatic rings. The normalized spacial score (nSPS) is 19.6. The molecule has 1 saturated heterocycles. The second kappa shape index (κ2) is 14.0. The predicted molar refractivity (Wildman–Crippen MR) is 166 cm³/mol. The summed E-state index contributed by atoms with van der Waals surface area (Å²) in [5, 5.41) is 2.74. The van der Waals surface area contributed by atoms with Crippen LogP contribution in [0.2, 0.25) is 0 Å². The number of allylic oxidation sites excluding steroid dienone is 1. The molecule has 1 unspecified atom stereocenters. The van der Waals surface area contributed by atoms with E-state index < -0.39 is 41.6 Å². The van der Waals surface area contributed by atoms with Gasteiger partial charge >= 0.3 is 12.1 Å². The van der Waals surface area contributed by atoms with Crippen LogP contribution in [0.1, 0.15) is 69.2 Å². The van der Waals surface area contributed by atoms with Crippen LogP contribution in [-0.2, 0) is 23.9 Å². The molecule has 0 spiro atoms. The van der Waals surface area contributed by atoms with Gasteiger partial charge in [-0.05, 0) is 58.6 Å². The first-order valence-electron chi connectivity index (χ1n) is 14.8. The number of methoxy groups -OCH3 is 1. The summed E-state index contributed by atoms with van der Waals surface area (Å²) >= 11 is 0. The van der Waals surface area contributed by atoms with Gasteiger partial charge in [0.1, 0.15) is 12.1 Å². The third-order valence-corrected chi connectivity index (χ3v) is 7.97. The maximum Gasteiger partial charge on any atom is 0.407 e. The van der Waals surface area contributed by atoms with Crippen LogP contribution < -0.4 is 10.8 Å². The molecular weight excluding hydrogens is 546 g/mol. The Balaban J connectivity index is 1.48. The van der Waals surface area contributed by atoms with E-state index in [4.69, 9.17) is 14.3 Å². The molecule has 1 aliphatic heterocycles. The van der Waals surface area contributed by atoms with E-state index >= 15 is 0 Å². The van der Waals surface area contributed by atoms with Crippen molar-refractivity contribution in [3.05, 3.63) is 78.4 Å². The van der Waals surface area contributed by atoms with Crippen LogP contribution in [0.25, 0.3) is 17.2 Å². The van der Waals surface area contributed by atoms with Crippen molar-refractivity contribution < 1.29 is 28.7 Å². The van der Waals surface area contributed by atoms with Crippen LogP contribution in [0.5, 0.6) is 0 Å². The molecule has 4 rings (SSSR count). The SMILES string of the molecule is C=CCCCCOC(=O)N[C@H](C(=O)N1C[C@H](ONC2c3ccccc3-c3ccc(C=C)cc32)C[C@H]1C(=O)OC)C(C)(C)C. The van der Waals surface area contributed by atoms with Crippen molar-refractivity contribution in [2.75, 3.05) is 20.3 Å². The molecule has 4 atom stereocenters. The number of likely N-dealkylation sites (tertiary alicyclic amines) is 1. The first kappa shape index (κ1) is 32.0. The van der Waals surface area contributed by atoms with Crippen LogP contribution in [0.3, 0.4) is 0 Å². The molecule has 0 bridgehead atoms. The van der Waals surface area contributed by atoms with Gasteiger partial charge in [-0.25, -0.2) is 9.59 Å². The molecular formula is C34H43N3O6. The Labute approximate surface area is 254 Å². The van der Waals surface area contributed by atoms with Gasteiger partial charge in [-0.2, -0.15) is 5.48 Å². The summed E-state index contributed by atoms with van der Waals surface area (Å²) in [4.78, 5) is 47.1. The lowest BCUT2D eigenvalue weighted by Gasteiger charge is -2.34. The molecule has 0 aromatic heterocycles. The fraction of sp³-hybridized carbons (Fsp3) is 0.441. The highest BCUT2D eigenvalue weighted by atomic mass is 16.7. The Kier molecular flexibility index (Phi) is 10.4. The molecule has 2 N–H and O–H groups in total. The first-order valence-corrected chi connectivity index (χ1v) is 14.8. The summed E-state index contributed by atoms with van der Waals surface area (Å²) in [7, 11) is 1.30. The Bertz CT molecular complexity index is 1350. The average molecular weight is 590 g/mol. The summed E-state index contributed by atoms with van der Waals surface area (Å²) in [5.74, 6) is -0.936. The number of carbonyl (C=O) groups is 3. The monoisotopic (exact) mass is 589 g/mol. The number of nitrogens with one attached hydrogen (secondary N) is 2. The van der Waals surface area contributed by atoms with Gasteiger partial charge in [0.2, 0.25) is 5.91 Å². The van der Waals surface area contributed by atoms with E-state index in [1.807, 2.05) is 45.0 Å². The van der Waals surface area contributed by atoms with Crippen LogP contribution in [0.4, 0.5) is 4.79 Å². The molecule has 230 valence electrons. The Morgan fingerprint density at radius 1 is 1.07 bits per heavy atom. The molecule has 0 saturated carbocycles. The average Bonchev–Trinajstić information content (AvgIpc) is 3.56. The fourth-order valence-electron chi connectivity index (χ4n) is 5.66. The van der Waals surface area contributed by atoms with Crippen molar-refractivity contribution in [1.29, 1.82) is 0 Å². The molecule has 2 aromatic rings. The molecule has 9 nitrogen and oxygen atoms in total. The number of benzene rings is 2. The van der Waals surface area contributed by atoms with Gasteiger partial charge < -0.3 is 19.7 Å². The van der Waals surface area contributed by atoms with E-state index in [1.54, 1.807) is 6.08 Å². The van der Waals surface area contributed by atoms with Gasteiger partial charge in [0, 0.05) is 13.0 Å². The van der Waals surface area contributed by atoms with Gasteiger partial charge in [0.15, 0.2) is 0 Å². The van der Waals surface area contributed by atoms with E-state index in [9.17, 15) is 14.4 Å². The second-order valence-electron chi connectivity index (χ2n) is 12.1. The van der Waals surface area contributed by atoms with Crippen molar-refractivity contribution >= 4 is 24.0 Å². The number of ether oxygens (including phenoxy) is 2. The standard InChI is InChI=1S/C34H43N3O6/c1-7-9-10-13-18-42-33(40)35-30(34(3,4)5)31(38)37-21-23(20-28(37)32(39)41-6)43-36-29-26-15-12-11-14-24(26)25-17-16-22(8-2)19-27(25)29/h7-8,11-12,14-17,19,23,28-30,36H,1-2,9-10,13,18,20-21H2,3-6H3,(H,35,40)/t23-,28+,29?,30-/m1/s1. The molecule has 1 fully saturated rings. The predicted octanol–water partition coefficient (Wildman–Crippen LogP) is 5.56. The lowest BCUT2D eigenvalue weighted by atomic mass is 9.85. The number of alkyl carbamates (subject to hydrolysis) is 1. The second-order valence-corrected chi connectivity index (χ2v) is 12.1. The number of rotatable bonds is 12. The Hall–Kier alpha value is -3.95. The minimum atomic E-state index is -0.932. The number of esters is 1. The van der Waals surface area contributed by atoms with E-state index in [0.29, 0.717) is 6.42 Å². The van der Waals surface area contributed by atoms with E-state index in [-0.39, 0.29) is 25.6 Å². The summed E-state index contributed by atoms with van der Waals surface area (Å²) in [6, 6.07) is 12.3. The van der Waals surface area contributed by atoms with Gasteiger partial charge in [-0.3, -0.25) is 9.63 Å². The van der Waals surface area contributed by atoms with Crippen molar-refractivity contribution in [2.24, 2.45) is 5.41 Å². The van der Waals surface area contributed by atoms with Crippen LogP contribution in [0.15, 0.2) is 61.7 Å². The number of fused-ring (bicyclic) bond motifs is 3. The molecule has 0 radical (unpaired) electrons. The highest BCUT2D eigenvalue weighted by Gasteiger charge is 2.46. The summed E-state index contributed by atoms with van der Waals surface area (Å²) in [6.07, 6.45) is 5.09. The van der Waals surface area contributed by atoms with Gasteiger partial charge in [0.05, 0.1) is 25.9 Å². The highest BCUT2D eigenvalue weighted by molar-refractivity contribution is 5.91. The zero-order chi connectivity index (χ0) is 31.1. The number of unbranched alkanes of at least 4 members (excludes halogenated alkanes) is 2. The first-order chi connectivity index (χ1) is 20.6. The lowest BCUT2D eigenvalue weighted by Crippen LogP contribution is -2.57. The number of hydrogen-bond acceptors (Lipinski definition) is 7. The van der Waals surface area contributed by atoms with Crippen LogP contribution >= 0.6 is 0 Å². The van der Waals surface area contributed by atoms with Crippen molar-refractivity contribution in [1.82, 2.24) is 15.7 Å². The number of hydrogen-bond donors (Lipinski definition) is 2. The Morgan fingerprint density at radius 3 is 2.51 bits per heavy atom. The summed E-state index contributed by atoms with van der Waals surface area (Å²) in [5.41, 5.74) is 7.95. The Morgan fingerprint density at radius 2 is 1.81 bits per heavy atom. The zero-order valence-electron chi connectivity index (χ0n) is 25.6. The van der Waals surface area contributed by atoms with Crippen LogP contribution in [0, 0.1) is 5.41 Å². The number of nitrogens with zero attached hydrogens (tertiary/aromatic N) is 1. The van der Waals surface area contributed by atoms with E-state index in [2.05, 4.69) is 48.2 Å². The van der Waals surface area contributed by atoms with Crippen LogP contribution in [-0.4, -0.2) is 61.3 Å². The maximum absolute atomic E-state index is 13.9. The summed E-state index contributed by atoms with van der Waals surface area (Å²) in [6.45, 7) is 13.5. The number of amides is 2. The fourth-order valence-corrected chi connectivity index (χ4v) is 5.66. The molecule has 1 heterocycles. The van der Waals surface area contributed by atoms with Gasteiger partial charge in [0.25, 0.3) is 0 Å². The van der Waals surface area contributed by atoms with E-state index in [1.165, 1.54) is 12.0 Å². The summed E-state index contributed by atoms with van der Waals surface area (Å²) < 4.78 is 10.4. The topological polar surface area (TPSA) is 106 Å². The minimum Gasteiger partial charge on any atom is -0.467 e. The molecule has 9 heteroatoms. The number of hydroxylamine groups is 1. The highest BCUT2D eigenvalue weighted by Crippen LogP contribution is 2.44. The zero-order valence-corrected chi connectivity index (χ0v) is 25.6. The maximum atomic E-state index is 13.9. The smallest absolute Gasteiger partial charge is 0.407 e. The van der Waals surface area contributed by atoms with Crippen molar-refractivity contribution in [3.8, 4) is 11.1 Å². The third kappa shape index (κ3) is 7.35. The molecule has 2 amide bonds. The molecule has 1 aliphatic carbocycles. The van der Waals surface area contributed by atoms with Crippen molar-refractivity contribution in [3.63, 3.8) is 0 Å². The number of carbonyl (C=O) groups excluding carboxylic acids is 3. The molecule has 43 heavy (non-hydrogen) atoms. The van der Waals surface area contributed by atoms with Crippen molar-refractivity contribution in [2.45, 2.75) is 70.7 Å². The van der Waals surface area contributed by atoms with Gasteiger partial charge in [-0.1, -0.05) is 75.9 Å².